The lowest BCUT2D eigenvalue weighted by Crippen LogP contribution is -2.43. The number of carbonyl (C=O) groups excluding carboxylic acids is 2. The molecule has 0 bridgehead atoms. The Morgan fingerprint density at radius 1 is 1.11 bits per heavy atom. The van der Waals surface area contributed by atoms with Gasteiger partial charge < -0.3 is 19.7 Å². The lowest BCUT2D eigenvalue weighted by atomic mass is 9.96. The SMILES string of the molecule is O=C(Nc1ccccc1)C1CCCN(C(=O)c2ccc3c(c2)COCO3)C1. The number of para-hydroxylation sites is 1. The Kier molecular flexibility index (Phi) is 5.07. The molecule has 2 heterocycles. The summed E-state index contributed by atoms with van der Waals surface area (Å²) in [6.45, 7) is 1.78. The van der Waals surface area contributed by atoms with Crippen molar-refractivity contribution in [2.45, 2.75) is 19.4 Å². The number of anilines is 1. The molecule has 6 heteroatoms. The Bertz CT molecular complexity index is 837. The number of nitrogens with one attached hydrogen (secondary N) is 1. The Balaban J connectivity index is 1.43. The zero-order chi connectivity index (χ0) is 18.6. The molecule has 0 saturated carbocycles. The summed E-state index contributed by atoms with van der Waals surface area (Å²) in [5, 5.41) is 2.94. The van der Waals surface area contributed by atoms with Crippen LogP contribution >= 0.6 is 0 Å². The quantitative estimate of drug-likeness (QED) is 0.907. The second kappa shape index (κ2) is 7.80. The van der Waals surface area contributed by atoms with Crippen molar-refractivity contribution in [1.29, 1.82) is 0 Å². The van der Waals surface area contributed by atoms with Crippen LogP contribution in [-0.4, -0.2) is 36.6 Å². The van der Waals surface area contributed by atoms with Gasteiger partial charge in [-0.2, -0.15) is 0 Å². The van der Waals surface area contributed by atoms with Gasteiger partial charge in [0.05, 0.1) is 12.5 Å². The van der Waals surface area contributed by atoms with E-state index in [0.717, 1.165) is 29.8 Å². The van der Waals surface area contributed by atoms with E-state index in [0.29, 0.717) is 25.3 Å². The van der Waals surface area contributed by atoms with Crippen molar-refractivity contribution in [2.75, 3.05) is 25.2 Å². The number of ether oxygens (including phenoxy) is 2. The number of piperidine rings is 1. The molecule has 4 rings (SSSR count). The summed E-state index contributed by atoms with van der Waals surface area (Å²) in [5.41, 5.74) is 2.26. The number of amides is 2. The van der Waals surface area contributed by atoms with Gasteiger partial charge >= 0.3 is 0 Å². The van der Waals surface area contributed by atoms with E-state index in [2.05, 4.69) is 5.32 Å². The lowest BCUT2D eigenvalue weighted by molar-refractivity contribution is -0.121. The monoisotopic (exact) mass is 366 g/mol. The number of hydrogen-bond acceptors (Lipinski definition) is 4. The molecule has 2 aliphatic heterocycles. The Hall–Kier alpha value is -2.86. The van der Waals surface area contributed by atoms with Crippen molar-refractivity contribution in [3.05, 3.63) is 59.7 Å². The van der Waals surface area contributed by atoms with Gasteiger partial charge in [-0.25, -0.2) is 0 Å². The molecule has 2 aliphatic rings. The minimum absolute atomic E-state index is 0.0362. The second-order valence-electron chi connectivity index (χ2n) is 6.88. The normalized spacial score (nSPS) is 19.0. The molecule has 1 atom stereocenters. The Morgan fingerprint density at radius 3 is 2.81 bits per heavy atom. The van der Waals surface area contributed by atoms with E-state index < -0.39 is 0 Å². The fourth-order valence-corrected chi connectivity index (χ4v) is 3.55. The zero-order valence-corrected chi connectivity index (χ0v) is 15.0. The van der Waals surface area contributed by atoms with Crippen LogP contribution in [0, 0.1) is 5.92 Å². The third kappa shape index (κ3) is 3.95. The number of rotatable bonds is 3. The first-order valence-electron chi connectivity index (χ1n) is 9.19. The van der Waals surface area contributed by atoms with Crippen molar-refractivity contribution in [2.24, 2.45) is 5.92 Å². The molecule has 2 aromatic carbocycles. The molecule has 0 spiro atoms. The van der Waals surface area contributed by atoms with Crippen LogP contribution in [0.3, 0.4) is 0 Å². The van der Waals surface area contributed by atoms with Gasteiger partial charge in [0.2, 0.25) is 5.91 Å². The fourth-order valence-electron chi connectivity index (χ4n) is 3.55. The molecule has 1 saturated heterocycles. The van der Waals surface area contributed by atoms with Gasteiger partial charge in [0.1, 0.15) is 5.75 Å². The van der Waals surface area contributed by atoms with Crippen LogP contribution in [0.25, 0.3) is 0 Å². The maximum absolute atomic E-state index is 12.9. The first-order chi connectivity index (χ1) is 13.2. The number of carbonyl (C=O) groups is 2. The number of likely N-dealkylation sites (tertiary alicyclic amines) is 1. The van der Waals surface area contributed by atoms with Gasteiger partial charge in [-0.15, -0.1) is 0 Å². The molecule has 140 valence electrons. The molecule has 2 amide bonds. The third-order valence-electron chi connectivity index (χ3n) is 4.98. The third-order valence-corrected chi connectivity index (χ3v) is 4.98. The molecule has 6 nitrogen and oxygen atoms in total. The van der Waals surface area contributed by atoms with Gasteiger partial charge in [0, 0.05) is 29.9 Å². The minimum atomic E-state index is -0.202. The van der Waals surface area contributed by atoms with E-state index in [1.165, 1.54) is 0 Å². The largest absolute Gasteiger partial charge is 0.467 e. The van der Waals surface area contributed by atoms with Crippen LogP contribution in [0.15, 0.2) is 48.5 Å². The summed E-state index contributed by atoms with van der Waals surface area (Å²) in [7, 11) is 0. The van der Waals surface area contributed by atoms with E-state index >= 15 is 0 Å². The van der Waals surface area contributed by atoms with Crippen LogP contribution < -0.4 is 10.1 Å². The highest BCUT2D eigenvalue weighted by Crippen LogP contribution is 2.26. The molecule has 1 N–H and O–H groups in total. The molecule has 2 aromatic rings. The highest BCUT2D eigenvalue weighted by Gasteiger charge is 2.29. The first-order valence-corrected chi connectivity index (χ1v) is 9.19. The van der Waals surface area contributed by atoms with Crippen molar-refractivity contribution < 1.29 is 19.1 Å². The van der Waals surface area contributed by atoms with Crippen LogP contribution in [0.1, 0.15) is 28.8 Å². The summed E-state index contributed by atoms with van der Waals surface area (Å²) < 4.78 is 10.7. The van der Waals surface area contributed by atoms with E-state index in [4.69, 9.17) is 9.47 Å². The summed E-state index contributed by atoms with van der Waals surface area (Å²) >= 11 is 0. The van der Waals surface area contributed by atoms with Crippen LogP contribution in [-0.2, 0) is 16.1 Å². The van der Waals surface area contributed by atoms with E-state index in [1.54, 1.807) is 11.0 Å². The Labute approximate surface area is 158 Å². The lowest BCUT2D eigenvalue weighted by Gasteiger charge is -2.32. The predicted molar refractivity (Wildman–Crippen MR) is 100 cm³/mol. The molecule has 1 unspecified atom stereocenters. The van der Waals surface area contributed by atoms with Crippen LogP contribution in [0.4, 0.5) is 5.69 Å². The van der Waals surface area contributed by atoms with Gasteiger partial charge in [-0.3, -0.25) is 9.59 Å². The minimum Gasteiger partial charge on any atom is -0.467 e. The Morgan fingerprint density at radius 2 is 1.96 bits per heavy atom. The van der Waals surface area contributed by atoms with E-state index in [9.17, 15) is 9.59 Å². The zero-order valence-electron chi connectivity index (χ0n) is 15.0. The molecule has 0 aromatic heterocycles. The van der Waals surface area contributed by atoms with E-state index in [-0.39, 0.29) is 24.5 Å². The molecular weight excluding hydrogens is 344 g/mol. The van der Waals surface area contributed by atoms with Crippen molar-refractivity contribution in [3.8, 4) is 5.75 Å². The van der Waals surface area contributed by atoms with Crippen molar-refractivity contribution >= 4 is 17.5 Å². The molecule has 1 fully saturated rings. The van der Waals surface area contributed by atoms with Gasteiger partial charge in [-0.05, 0) is 43.2 Å². The number of benzene rings is 2. The van der Waals surface area contributed by atoms with E-state index in [1.807, 2.05) is 42.5 Å². The highest BCUT2D eigenvalue weighted by atomic mass is 16.7. The predicted octanol–water partition coefficient (Wildman–Crippen LogP) is 3.04. The average Bonchev–Trinajstić information content (AvgIpc) is 2.73. The van der Waals surface area contributed by atoms with Gasteiger partial charge in [0.25, 0.3) is 5.91 Å². The van der Waals surface area contributed by atoms with Gasteiger partial charge in [0.15, 0.2) is 6.79 Å². The summed E-state index contributed by atoms with van der Waals surface area (Å²) in [4.78, 5) is 27.3. The number of fused-ring (bicyclic) bond motifs is 1. The number of hydrogen-bond donors (Lipinski definition) is 1. The second-order valence-corrected chi connectivity index (χ2v) is 6.88. The first kappa shape index (κ1) is 17.5. The maximum Gasteiger partial charge on any atom is 0.253 e. The summed E-state index contributed by atoms with van der Waals surface area (Å²) in [6.07, 6.45) is 1.60. The maximum atomic E-state index is 12.9. The highest BCUT2D eigenvalue weighted by molar-refractivity contribution is 5.96. The molecular formula is C21H22N2O4. The molecule has 0 radical (unpaired) electrons. The number of nitrogens with zero attached hydrogens (tertiary/aromatic N) is 1. The fraction of sp³-hybridized carbons (Fsp3) is 0.333. The average molecular weight is 366 g/mol. The van der Waals surface area contributed by atoms with Gasteiger partial charge in [-0.1, -0.05) is 18.2 Å². The van der Waals surface area contributed by atoms with Crippen molar-refractivity contribution in [1.82, 2.24) is 4.90 Å². The van der Waals surface area contributed by atoms with Crippen molar-refractivity contribution in [3.63, 3.8) is 0 Å². The molecule has 0 aliphatic carbocycles. The summed E-state index contributed by atoms with van der Waals surface area (Å²) in [6, 6.07) is 14.8. The van der Waals surface area contributed by atoms with Crippen LogP contribution in [0.2, 0.25) is 0 Å². The topological polar surface area (TPSA) is 67.9 Å². The molecule has 27 heavy (non-hydrogen) atoms. The summed E-state index contributed by atoms with van der Waals surface area (Å²) in [5.74, 6) is 0.468. The smallest absolute Gasteiger partial charge is 0.253 e. The van der Waals surface area contributed by atoms with Crippen LogP contribution in [0.5, 0.6) is 5.75 Å². The standard InChI is InChI=1S/C21H22N2O4/c24-20(22-18-6-2-1-3-7-18)16-5-4-10-23(12-16)21(25)15-8-9-19-17(11-15)13-26-14-27-19/h1-3,6-9,11,16H,4-5,10,12-14H2,(H,22,24).